The highest BCUT2D eigenvalue weighted by Crippen LogP contribution is 2.38. The zero-order valence-electron chi connectivity index (χ0n) is 34.9. The molecule has 66 heavy (non-hydrogen) atoms. The molecule has 10 rings (SSSR count). The first kappa shape index (κ1) is 41.7. The highest BCUT2D eigenvalue weighted by Gasteiger charge is 2.41. The van der Waals surface area contributed by atoms with E-state index < -0.39 is 35.7 Å². The fraction of sp³-hybridized carbons (Fsp3) is 0.111. The van der Waals surface area contributed by atoms with Crippen molar-refractivity contribution in [1.29, 1.82) is 0 Å². The number of nitrogens with zero attached hydrogens (tertiary/aromatic N) is 3. The molecule has 1 fully saturated rings. The predicted molar refractivity (Wildman–Crippen MR) is 243 cm³/mol. The first-order valence-electron chi connectivity index (χ1n) is 21.2. The molecule has 1 aliphatic rings. The van der Waals surface area contributed by atoms with Crippen LogP contribution in [-0.4, -0.2) is 32.9 Å². The second-order valence-electron chi connectivity index (χ2n) is 16.2. The molecule has 0 radical (unpaired) electrons. The molecule has 324 valence electrons. The molecule has 9 nitrogen and oxygen atoms in total. The number of fused-ring (bicyclic) bond motifs is 3. The first-order valence-corrected chi connectivity index (χ1v) is 21.2. The lowest BCUT2D eigenvalue weighted by atomic mass is 9.75. The van der Waals surface area contributed by atoms with Gasteiger partial charge in [0.05, 0.1) is 51.4 Å². The van der Waals surface area contributed by atoms with Gasteiger partial charge < -0.3 is 14.2 Å². The quantitative estimate of drug-likeness (QED) is 0.103. The van der Waals surface area contributed by atoms with Gasteiger partial charge in [0.25, 0.3) is 0 Å². The average molecular weight is 880 g/mol. The molecular formula is C54H36F3N3O6. The van der Waals surface area contributed by atoms with Crippen LogP contribution in [0.25, 0.3) is 66.5 Å². The summed E-state index contributed by atoms with van der Waals surface area (Å²) in [6.07, 6.45) is 0.211. The molecule has 0 saturated heterocycles. The number of esters is 3. The Labute approximate surface area is 375 Å². The summed E-state index contributed by atoms with van der Waals surface area (Å²) in [6.45, 7) is 0. The van der Waals surface area contributed by atoms with Crippen molar-refractivity contribution in [3.8, 4) is 51.0 Å². The van der Waals surface area contributed by atoms with E-state index in [2.05, 4.69) is 15.0 Å². The van der Waals surface area contributed by atoms with Crippen molar-refractivity contribution in [2.75, 3.05) is 0 Å². The third-order valence-corrected chi connectivity index (χ3v) is 11.8. The Morgan fingerprint density at radius 2 is 0.636 bits per heavy atom. The van der Waals surface area contributed by atoms with E-state index in [9.17, 15) is 27.6 Å². The molecule has 1 saturated carbocycles. The number of hydrogen-bond acceptors (Lipinski definition) is 9. The minimum atomic E-state index is -0.860. The number of ether oxygens (including phenoxy) is 3. The molecular weight excluding hydrogens is 844 g/mol. The minimum Gasteiger partial charge on any atom is -0.426 e. The van der Waals surface area contributed by atoms with E-state index in [4.69, 9.17) is 14.2 Å². The van der Waals surface area contributed by atoms with E-state index in [1.54, 1.807) is 127 Å². The normalized spacial score (nSPS) is 16.0. The summed E-state index contributed by atoms with van der Waals surface area (Å²) in [7, 11) is 0. The van der Waals surface area contributed by atoms with Gasteiger partial charge in [0, 0.05) is 32.8 Å². The molecule has 3 heterocycles. The van der Waals surface area contributed by atoms with Gasteiger partial charge >= 0.3 is 17.9 Å². The van der Waals surface area contributed by atoms with Crippen LogP contribution in [-0.2, 0) is 14.4 Å². The van der Waals surface area contributed by atoms with E-state index in [1.165, 1.54) is 36.4 Å². The van der Waals surface area contributed by atoms with Crippen molar-refractivity contribution in [3.05, 3.63) is 181 Å². The van der Waals surface area contributed by atoms with E-state index in [0.717, 1.165) is 16.7 Å². The fourth-order valence-corrected chi connectivity index (χ4v) is 8.35. The van der Waals surface area contributed by atoms with Crippen LogP contribution < -0.4 is 14.2 Å². The fourth-order valence-electron chi connectivity index (χ4n) is 8.35. The van der Waals surface area contributed by atoms with Gasteiger partial charge in [-0.3, -0.25) is 14.4 Å². The smallest absolute Gasteiger partial charge is 0.314 e. The Morgan fingerprint density at radius 1 is 0.364 bits per heavy atom. The van der Waals surface area contributed by atoms with Gasteiger partial charge in [-0.2, -0.15) is 0 Å². The van der Waals surface area contributed by atoms with Crippen LogP contribution in [0.1, 0.15) is 19.3 Å². The number of rotatable bonds is 9. The number of carbonyl (C=O) groups excluding carboxylic acids is 3. The number of pyridine rings is 3. The summed E-state index contributed by atoms with van der Waals surface area (Å²) in [5.74, 6) is -4.70. The number of carbonyl (C=O) groups is 3. The molecule has 3 aromatic heterocycles. The van der Waals surface area contributed by atoms with E-state index in [-0.39, 0.29) is 54.0 Å². The molecule has 9 aromatic rings. The SMILES string of the molecule is O=C(Oc1ccc(-c2ccc3cc(F)ccc3n2)cc1)C1CC(C(=O)Oc2ccc(-c3ccc4cc(F)ccc4n3)cc2)CC(C(=O)Oc2ccc(-c3ccc4cc(F)ccc4n3)cc2)C1. The number of halogens is 3. The van der Waals surface area contributed by atoms with Gasteiger partial charge in [-0.05, 0) is 165 Å². The van der Waals surface area contributed by atoms with Crippen LogP contribution in [0.4, 0.5) is 13.2 Å². The summed E-state index contributed by atoms with van der Waals surface area (Å²) in [4.78, 5) is 55.5. The molecule has 0 spiro atoms. The predicted octanol–water partition coefficient (Wildman–Crippen LogP) is 11.9. The zero-order chi connectivity index (χ0) is 45.3. The molecule has 0 amide bonds. The van der Waals surface area contributed by atoms with Gasteiger partial charge in [-0.1, -0.05) is 18.2 Å². The molecule has 0 atom stereocenters. The zero-order valence-corrected chi connectivity index (χ0v) is 34.9. The summed E-state index contributed by atoms with van der Waals surface area (Å²) >= 11 is 0. The van der Waals surface area contributed by atoms with Gasteiger partial charge in [0.2, 0.25) is 0 Å². The molecule has 0 bridgehead atoms. The Kier molecular flexibility index (Phi) is 11.2. The van der Waals surface area contributed by atoms with Crippen LogP contribution in [0.5, 0.6) is 17.2 Å². The lowest BCUT2D eigenvalue weighted by Gasteiger charge is -2.31. The molecule has 6 aromatic carbocycles. The minimum absolute atomic E-state index is 0.0704. The van der Waals surface area contributed by atoms with Crippen molar-refractivity contribution in [3.63, 3.8) is 0 Å². The number of benzene rings is 6. The topological polar surface area (TPSA) is 118 Å². The van der Waals surface area contributed by atoms with Crippen LogP contribution in [0, 0.1) is 35.2 Å². The van der Waals surface area contributed by atoms with Gasteiger partial charge in [0.1, 0.15) is 34.7 Å². The highest BCUT2D eigenvalue weighted by atomic mass is 19.1. The summed E-state index contributed by atoms with van der Waals surface area (Å²) in [6, 6.07) is 44.2. The number of hydrogen-bond donors (Lipinski definition) is 0. The molecule has 0 aliphatic heterocycles. The lowest BCUT2D eigenvalue weighted by Crippen LogP contribution is -2.39. The molecule has 0 unspecified atom stereocenters. The largest absolute Gasteiger partial charge is 0.426 e. The third-order valence-electron chi connectivity index (χ3n) is 11.8. The highest BCUT2D eigenvalue weighted by molar-refractivity contribution is 5.86. The van der Waals surface area contributed by atoms with Crippen molar-refractivity contribution >= 4 is 50.6 Å². The Hall–Kier alpha value is -8.25. The summed E-state index contributed by atoms with van der Waals surface area (Å²) < 4.78 is 58.7. The van der Waals surface area contributed by atoms with E-state index in [0.29, 0.717) is 49.8 Å². The summed E-state index contributed by atoms with van der Waals surface area (Å²) in [5.41, 5.74) is 6.10. The Morgan fingerprint density at radius 3 is 0.909 bits per heavy atom. The number of aromatic nitrogens is 3. The van der Waals surface area contributed by atoms with Crippen LogP contribution in [0.3, 0.4) is 0 Å². The van der Waals surface area contributed by atoms with Crippen molar-refractivity contribution < 1.29 is 41.8 Å². The van der Waals surface area contributed by atoms with E-state index >= 15 is 0 Å². The van der Waals surface area contributed by atoms with Crippen molar-refractivity contribution in [1.82, 2.24) is 15.0 Å². The van der Waals surface area contributed by atoms with Crippen LogP contribution in [0.15, 0.2) is 164 Å². The van der Waals surface area contributed by atoms with Crippen molar-refractivity contribution in [2.24, 2.45) is 17.8 Å². The first-order chi connectivity index (χ1) is 32.1. The molecule has 0 N–H and O–H groups in total. The van der Waals surface area contributed by atoms with Crippen LogP contribution in [0.2, 0.25) is 0 Å². The Bertz CT molecular complexity index is 2970. The molecule has 1 aliphatic carbocycles. The van der Waals surface area contributed by atoms with Gasteiger partial charge in [0.15, 0.2) is 0 Å². The van der Waals surface area contributed by atoms with Gasteiger partial charge in [-0.25, -0.2) is 28.1 Å². The monoisotopic (exact) mass is 879 g/mol. The second kappa shape index (κ2) is 17.7. The molecule has 12 heteroatoms. The maximum atomic E-state index is 13.9. The van der Waals surface area contributed by atoms with E-state index in [1.807, 2.05) is 0 Å². The van der Waals surface area contributed by atoms with Crippen LogP contribution >= 0.6 is 0 Å². The average Bonchev–Trinajstić information content (AvgIpc) is 3.34. The standard InChI is InChI=1S/C54H36F3N3O6/c55-40-10-22-49-34(28-40)7-19-46(58-49)31-1-13-43(14-2-31)64-52(61)37-25-38(53(62)65-44-15-3-32(4-16-44)47-20-8-35-29-41(56)11-23-50(35)59-47)27-39(26-37)54(63)66-45-17-5-33(6-18-45)48-21-9-36-30-42(57)12-24-51(36)60-48/h1-24,28-30,37-39H,25-27H2. The second-order valence-corrected chi connectivity index (χ2v) is 16.2. The van der Waals surface area contributed by atoms with Crippen molar-refractivity contribution in [2.45, 2.75) is 19.3 Å². The lowest BCUT2D eigenvalue weighted by molar-refractivity contribution is -0.150. The summed E-state index contributed by atoms with van der Waals surface area (Å²) in [5, 5.41) is 2.01. The van der Waals surface area contributed by atoms with Gasteiger partial charge in [-0.15, -0.1) is 0 Å². The maximum Gasteiger partial charge on any atom is 0.314 e. The Balaban J connectivity index is 0.849. The third kappa shape index (κ3) is 9.07. The maximum absolute atomic E-state index is 13.9.